The number of nitro groups is 1. The molecular weight excluding hydrogens is 212 g/mol. The van der Waals surface area contributed by atoms with Crippen molar-refractivity contribution in [3.05, 3.63) is 40.6 Å². The molecule has 0 aromatic carbocycles. The summed E-state index contributed by atoms with van der Waals surface area (Å²) in [5, 5.41) is 16.6. The first-order valence-electron chi connectivity index (χ1n) is 4.33. The number of rotatable bonds is 1. The van der Waals surface area contributed by atoms with Gasteiger partial charge in [0.05, 0.1) is 11.1 Å². The molecule has 3 rings (SSSR count). The Balaban J connectivity index is 0.000000138. The third-order valence-corrected chi connectivity index (χ3v) is 1.91. The molecule has 2 aromatic heterocycles. The lowest BCUT2D eigenvalue weighted by Crippen LogP contribution is -1.84. The van der Waals surface area contributed by atoms with E-state index < -0.39 is 4.92 Å². The zero-order valence-electron chi connectivity index (χ0n) is 7.95. The topological polar surface area (TPSA) is 101 Å². The third kappa shape index (κ3) is 1.92. The van der Waals surface area contributed by atoms with Crippen LogP contribution in [-0.2, 0) is 4.79 Å². The van der Waals surface area contributed by atoms with Gasteiger partial charge in [0.25, 0.3) is 11.6 Å². The minimum atomic E-state index is -0.390. The Morgan fingerprint density at radius 2 is 2.19 bits per heavy atom. The quantitative estimate of drug-likeness (QED) is 0.585. The molecule has 0 spiro atoms. The minimum absolute atomic E-state index is 0.164. The van der Waals surface area contributed by atoms with Crippen LogP contribution in [0.1, 0.15) is 0 Å². The van der Waals surface area contributed by atoms with Crippen LogP contribution in [0.3, 0.4) is 0 Å². The molecule has 16 heavy (non-hydrogen) atoms. The average molecular weight is 218 g/mol. The molecule has 0 radical (unpaired) electrons. The molecule has 0 fully saturated rings. The number of azo groups is 1. The van der Waals surface area contributed by atoms with Crippen molar-refractivity contribution in [2.45, 2.75) is 0 Å². The van der Waals surface area contributed by atoms with Gasteiger partial charge in [-0.3, -0.25) is 14.9 Å². The molecule has 80 valence electrons. The van der Waals surface area contributed by atoms with E-state index in [0.29, 0.717) is 5.52 Å². The van der Waals surface area contributed by atoms with Crippen LogP contribution in [0, 0.1) is 10.1 Å². The largest absolute Gasteiger partial charge is 0.350 e. The zero-order chi connectivity index (χ0) is 11.5. The van der Waals surface area contributed by atoms with Crippen molar-refractivity contribution in [3.63, 3.8) is 0 Å². The summed E-state index contributed by atoms with van der Waals surface area (Å²) in [5.41, 5.74) is 1.57. The van der Waals surface area contributed by atoms with Crippen LogP contribution < -0.4 is 0 Å². The Hall–Kier alpha value is -2.57. The standard InChI is InChI=1S/C6H4N2O2.C3H2N2O/c9-8(10)6-3-4-1-2-5(6)7-4;6-3-1-2-4-5-3/h1-3,7H;1-2H. The number of non-ortho nitro benzene ring substituents is 1. The molecule has 2 bridgehead atoms. The fourth-order valence-corrected chi connectivity index (χ4v) is 1.24. The zero-order valence-corrected chi connectivity index (χ0v) is 7.95. The molecule has 2 aromatic rings. The second-order valence-electron chi connectivity index (χ2n) is 2.98. The van der Waals surface area contributed by atoms with Crippen LogP contribution in [0.4, 0.5) is 5.69 Å². The number of aromatic nitrogens is 1. The van der Waals surface area contributed by atoms with E-state index in [1.807, 2.05) is 6.07 Å². The number of fused-ring (bicyclic) bond motifs is 2. The number of carbonyl (C=O) groups is 1. The van der Waals surface area contributed by atoms with Crippen molar-refractivity contribution in [2.24, 2.45) is 10.2 Å². The number of carbonyl (C=O) groups excluding carboxylic acids is 1. The summed E-state index contributed by atoms with van der Waals surface area (Å²) in [6, 6.07) is 5.03. The van der Waals surface area contributed by atoms with Crippen LogP contribution >= 0.6 is 0 Å². The van der Waals surface area contributed by atoms with Gasteiger partial charge in [0.15, 0.2) is 0 Å². The highest BCUT2D eigenvalue weighted by Gasteiger charge is 2.13. The molecule has 0 atom stereocenters. The third-order valence-electron chi connectivity index (χ3n) is 1.91. The predicted molar refractivity (Wildman–Crippen MR) is 55.1 cm³/mol. The fraction of sp³-hybridized carbons (Fsp3) is 0. The number of nitrogens with one attached hydrogen (secondary N) is 1. The molecular formula is C9H6N4O3. The van der Waals surface area contributed by atoms with Gasteiger partial charge in [-0.25, -0.2) is 0 Å². The lowest BCUT2D eigenvalue weighted by atomic mass is 10.3. The van der Waals surface area contributed by atoms with Crippen molar-refractivity contribution in [3.8, 4) is 0 Å². The Labute approximate surface area is 89.0 Å². The number of hydrogen-bond acceptors (Lipinski definition) is 4. The van der Waals surface area contributed by atoms with Gasteiger partial charge in [0.1, 0.15) is 5.52 Å². The maximum atomic E-state index is 10.2. The van der Waals surface area contributed by atoms with Gasteiger partial charge < -0.3 is 4.98 Å². The summed E-state index contributed by atoms with van der Waals surface area (Å²) < 4.78 is 0. The Morgan fingerprint density at radius 3 is 2.44 bits per heavy atom. The van der Waals surface area contributed by atoms with Gasteiger partial charge >= 0.3 is 0 Å². The van der Waals surface area contributed by atoms with E-state index in [4.69, 9.17) is 0 Å². The maximum absolute atomic E-state index is 10.2. The number of H-pyrrole nitrogens is 1. The highest BCUT2D eigenvalue weighted by atomic mass is 16.6. The van der Waals surface area contributed by atoms with Gasteiger partial charge in [-0.15, -0.1) is 5.11 Å². The summed E-state index contributed by atoms with van der Waals surface area (Å²) >= 11 is 0. The number of hydrogen-bond donors (Lipinski definition) is 1. The predicted octanol–water partition coefficient (Wildman–Crippen LogP) is 2.01. The Morgan fingerprint density at radius 1 is 1.38 bits per heavy atom. The number of aromatic amines is 1. The van der Waals surface area contributed by atoms with E-state index in [1.165, 1.54) is 18.3 Å². The first-order chi connectivity index (χ1) is 7.66. The molecule has 3 heterocycles. The Kier molecular flexibility index (Phi) is 2.42. The van der Waals surface area contributed by atoms with Gasteiger partial charge in [-0.1, -0.05) is 0 Å². The monoisotopic (exact) mass is 218 g/mol. The lowest BCUT2D eigenvalue weighted by Gasteiger charge is -1.83. The highest BCUT2D eigenvalue weighted by molar-refractivity contribution is 5.89. The van der Waals surface area contributed by atoms with Gasteiger partial charge in [-0.05, 0) is 12.1 Å². The number of benzene rings is 1. The molecule has 7 heteroatoms. The van der Waals surface area contributed by atoms with Crippen molar-refractivity contribution in [2.75, 3.05) is 0 Å². The van der Waals surface area contributed by atoms with E-state index in [9.17, 15) is 14.9 Å². The minimum Gasteiger partial charge on any atom is -0.350 e. The fourth-order valence-electron chi connectivity index (χ4n) is 1.24. The summed E-state index contributed by atoms with van der Waals surface area (Å²) in [4.78, 5) is 22.6. The Bertz CT molecular complexity index is 570. The number of nitrogens with zero attached hydrogens (tertiary/aromatic N) is 3. The summed E-state index contributed by atoms with van der Waals surface area (Å²) in [7, 11) is 0. The molecule has 1 amide bonds. The van der Waals surface area contributed by atoms with Crippen molar-refractivity contribution >= 4 is 22.6 Å². The van der Waals surface area contributed by atoms with E-state index >= 15 is 0 Å². The second kappa shape index (κ2) is 3.89. The molecule has 7 nitrogen and oxygen atoms in total. The van der Waals surface area contributed by atoms with Crippen molar-refractivity contribution < 1.29 is 9.72 Å². The summed E-state index contributed by atoms with van der Waals surface area (Å²) in [5.74, 6) is -0.269. The lowest BCUT2D eigenvalue weighted by molar-refractivity contribution is -0.383. The van der Waals surface area contributed by atoms with Crippen LogP contribution in [-0.4, -0.2) is 15.8 Å². The molecule has 0 saturated carbocycles. The molecule has 0 saturated heterocycles. The van der Waals surface area contributed by atoms with Crippen molar-refractivity contribution in [1.29, 1.82) is 0 Å². The van der Waals surface area contributed by atoms with E-state index in [0.717, 1.165) is 5.52 Å². The summed E-state index contributed by atoms with van der Waals surface area (Å²) in [6.45, 7) is 0. The summed E-state index contributed by atoms with van der Waals surface area (Å²) in [6.07, 6.45) is 2.67. The first-order valence-corrected chi connectivity index (χ1v) is 4.33. The second-order valence-corrected chi connectivity index (χ2v) is 2.98. The molecule has 1 N–H and O–H groups in total. The van der Waals surface area contributed by atoms with Crippen LogP contribution in [0.25, 0.3) is 11.0 Å². The van der Waals surface area contributed by atoms with Gasteiger partial charge in [-0.2, -0.15) is 5.11 Å². The normalized spacial score (nSPS) is 13.1. The van der Waals surface area contributed by atoms with Crippen LogP contribution in [0.5, 0.6) is 0 Å². The highest BCUT2D eigenvalue weighted by Crippen LogP contribution is 2.24. The molecule has 1 aliphatic rings. The van der Waals surface area contributed by atoms with Gasteiger partial charge in [0, 0.05) is 17.7 Å². The van der Waals surface area contributed by atoms with Crippen LogP contribution in [0.15, 0.2) is 40.7 Å². The molecule has 0 aliphatic carbocycles. The first kappa shape index (κ1) is 9.97. The van der Waals surface area contributed by atoms with E-state index in [1.54, 1.807) is 6.07 Å². The van der Waals surface area contributed by atoms with Crippen LogP contribution in [0.2, 0.25) is 0 Å². The number of amides is 1. The molecule has 0 unspecified atom stereocenters. The SMILES string of the molecule is O=C1C=CN=N1.O=[N+]([O-])c1cc2ccc1[nH]2. The van der Waals surface area contributed by atoms with Crippen molar-refractivity contribution in [1.82, 2.24) is 4.98 Å². The maximum Gasteiger partial charge on any atom is 0.294 e. The molecule has 1 aliphatic heterocycles. The average Bonchev–Trinajstić information content (AvgIpc) is 2.93. The van der Waals surface area contributed by atoms with E-state index in [2.05, 4.69) is 15.2 Å². The smallest absolute Gasteiger partial charge is 0.294 e. The van der Waals surface area contributed by atoms with E-state index in [-0.39, 0.29) is 11.6 Å². The number of nitro benzene ring substituents is 1. The van der Waals surface area contributed by atoms with Gasteiger partial charge in [0.2, 0.25) is 0 Å².